The fraction of sp³-hybridized carbons (Fsp3) is 0.429. The highest BCUT2D eigenvalue weighted by molar-refractivity contribution is 7.89. The minimum atomic E-state index is -3.73. The first-order valence-corrected chi connectivity index (χ1v) is 12.4. The number of anilines is 1. The molecule has 2 aliphatic heterocycles. The van der Waals surface area contributed by atoms with Gasteiger partial charge in [-0.05, 0) is 60.5 Å². The van der Waals surface area contributed by atoms with Gasteiger partial charge in [0, 0.05) is 49.6 Å². The fourth-order valence-corrected chi connectivity index (χ4v) is 6.16. The maximum absolute atomic E-state index is 12.7. The van der Waals surface area contributed by atoms with Crippen molar-refractivity contribution in [3.05, 3.63) is 45.6 Å². The lowest BCUT2D eigenvalue weighted by Crippen LogP contribution is -2.37. The van der Waals surface area contributed by atoms with Crippen LogP contribution in [-0.4, -0.2) is 44.8 Å². The maximum atomic E-state index is 12.7. The molecule has 9 heteroatoms. The van der Waals surface area contributed by atoms with Crippen LogP contribution in [-0.2, 0) is 32.6 Å². The zero-order valence-electron chi connectivity index (χ0n) is 16.9. The van der Waals surface area contributed by atoms with Gasteiger partial charge < -0.3 is 9.80 Å². The van der Waals surface area contributed by atoms with E-state index in [1.807, 2.05) is 11.4 Å². The Balaban J connectivity index is 1.35. The Labute approximate surface area is 180 Å². The quantitative estimate of drug-likeness (QED) is 0.737. The van der Waals surface area contributed by atoms with Gasteiger partial charge in [0.25, 0.3) is 0 Å². The zero-order chi connectivity index (χ0) is 21.3. The van der Waals surface area contributed by atoms with Crippen LogP contribution in [0.2, 0.25) is 0 Å². The van der Waals surface area contributed by atoms with Gasteiger partial charge >= 0.3 is 0 Å². The van der Waals surface area contributed by atoms with Crippen molar-refractivity contribution >= 4 is 38.9 Å². The number of hydrogen-bond donors (Lipinski definition) is 1. The SMILES string of the molecule is Cc1cc(N2CCCC2=O)ccc1S(=O)(=O)NCCC(=O)N1CCc2sccc2C1. The summed E-state index contributed by atoms with van der Waals surface area (Å²) in [5.41, 5.74) is 2.49. The standard InChI is InChI=1S/C21H25N3O4S2/c1-15-13-17(24-10-2-3-21(24)26)4-5-19(15)30(27,28)22-9-6-20(25)23-11-7-18-16(14-23)8-12-29-18/h4-5,8,12-13,22H,2-3,6-7,9-11,14H2,1H3. The molecule has 2 aromatic rings. The Morgan fingerprint density at radius 3 is 2.77 bits per heavy atom. The van der Waals surface area contributed by atoms with Crippen LogP contribution in [0.1, 0.15) is 35.3 Å². The molecular weight excluding hydrogens is 422 g/mol. The average Bonchev–Trinajstić information content (AvgIpc) is 3.35. The van der Waals surface area contributed by atoms with Crippen molar-refractivity contribution in [2.75, 3.05) is 24.5 Å². The lowest BCUT2D eigenvalue weighted by Gasteiger charge is -2.27. The molecule has 3 heterocycles. The lowest BCUT2D eigenvalue weighted by atomic mass is 10.1. The van der Waals surface area contributed by atoms with Gasteiger partial charge in [0.15, 0.2) is 0 Å². The molecule has 2 amide bonds. The highest BCUT2D eigenvalue weighted by Gasteiger charge is 2.25. The largest absolute Gasteiger partial charge is 0.338 e. The number of amides is 2. The second kappa shape index (κ2) is 8.49. The molecule has 1 fully saturated rings. The van der Waals surface area contributed by atoms with E-state index in [1.165, 1.54) is 16.5 Å². The molecule has 30 heavy (non-hydrogen) atoms. The van der Waals surface area contributed by atoms with E-state index in [0.717, 1.165) is 18.5 Å². The van der Waals surface area contributed by atoms with Crippen LogP contribution in [0, 0.1) is 6.92 Å². The summed E-state index contributed by atoms with van der Waals surface area (Å²) in [6.07, 6.45) is 2.32. The van der Waals surface area contributed by atoms with Crippen molar-refractivity contribution in [2.24, 2.45) is 0 Å². The van der Waals surface area contributed by atoms with E-state index in [4.69, 9.17) is 0 Å². The molecule has 1 saturated heterocycles. The predicted octanol–water partition coefficient (Wildman–Crippen LogP) is 2.44. The Bertz CT molecular complexity index is 1080. The van der Waals surface area contributed by atoms with Gasteiger partial charge in [-0.15, -0.1) is 11.3 Å². The normalized spacial score (nSPS) is 16.8. The minimum absolute atomic E-state index is 0.0471. The third kappa shape index (κ3) is 4.28. The van der Waals surface area contributed by atoms with Gasteiger partial charge in [0.2, 0.25) is 21.8 Å². The van der Waals surface area contributed by atoms with E-state index >= 15 is 0 Å². The summed E-state index contributed by atoms with van der Waals surface area (Å²) in [7, 11) is -3.73. The Morgan fingerprint density at radius 2 is 2.03 bits per heavy atom. The summed E-state index contributed by atoms with van der Waals surface area (Å²) in [6, 6.07) is 6.98. The second-order valence-electron chi connectivity index (χ2n) is 7.68. The smallest absolute Gasteiger partial charge is 0.240 e. The number of carbonyl (C=O) groups is 2. The Hall–Kier alpha value is -2.23. The molecule has 1 aromatic carbocycles. The zero-order valence-corrected chi connectivity index (χ0v) is 18.5. The molecule has 160 valence electrons. The number of benzene rings is 1. The van der Waals surface area contributed by atoms with E-state index in [9.17, 15) is 18.0 Å². The number of nitrogens with one attached hydrogen (secondary N) is 1. The van der Waals surface area contributed by atoms with Gasteiger partial charge in [-0.25, -0.2) is 13.1 Å². The summed E-state index contributed by atoms with van der Waals surface area (Å²) < 4.78 is 28.0. The van der Waals surface area contributed by atoms with E-state index in [-0.39, 0.29) is 29.7 Å². The summed E-state index contributed by atoms with van der Waals surface area (Å²) >= 11 is 1.72. The van der Waals surface area contributed by atoms with Crippen LogP contribution < -0.4 is 9.62 Å². The molecule has 0 atom stereocenters. The van der Waals surface area contributed by atoms with Crippen molar-refractivity contribution in [1.29, 1.82) is 0 Å². The van der Waals surface area contributed by atoms with Crippen molar-refractivity contribution in [2.45, 2.75) is 44.0 Å². The van der Waals surface area contributed by atoms with Gasteiger partial charge in [-0.2, -0.15) is 0 Å². The lowest BCUT2D eigenvalue weighted by molar-refractivity contribution is -0.131. The topological polar surface area (TPSA) is 86.8 Å². The number of carbonyl (C=O) groups excluding carboxylic acids is 2. The summed E-state index contributed by atoms with van der Waals surface area (Å²) in [5, 5.41) is 2.04. The summed E-state index contributed by atoms with van der Waals surface area (Å²) in [4.78, 5) is 29.4. The minimum Gasteiger partial charge on any atom is -0.338 e. The molecule has 1 aromatic heterocycles. The molecule has 7 nitrogen and oxygen atoms in total. The third-order valence-corrected chi connectivity index (χ3v) is 8.27. The van der Waals surface area contributed by atoms with Crippen LogP contribution in [0.4, 0.5) is 5.69 Å². The average molecular weight is 448 g/mol. The second-order valence-corrected chi connectivity index (χ2v) is 10.4. The third-order valence-electron chi connectivity index (χ3n) is 5.62. The molecule has 2 aliphatic rings. The number of fused-ring (bicyclic) bond motifs is 1. The number of hydrogen-bond acceptors (Lipinski definition) is 5. The molecule has 0 bridgehead atoms. The number of sulfonamides is 1. The first-order chi connectivity index (χ1) is 14.3. The van der Waals surface area contributed by atoms with E-state index < -0.39 is 10.0 Å². The van der Waals surface area contributed by atoms with Crippen molar-refractivity contribution in [3.8, 4) is 0 Å². The predicted molar refractivity (Wildman–Crippen MR) is 116 cm³/mol. The van der Waals surface area contributed by atoms with Gasteiger partial charge in [0.05, 0.1) is 4.90 Å². The Morgan fingerprint density at radius 1 is 1.20 bits per heavy atom. The number of rotatable bonds is 6. The summed E-state index contributed by atoms with van der Waals surface area (Å²) in [5.74, 6) is 0.0168. The Kier molecular flexibility index (Phi) is 5.95. The monoisotopic (exact) mass is 447 g/mol. The molecule has 1 N–H and O–H groups in total. The molecule has 0 spiro atoms. The van der Waals surface area contributed by atoms with Crippen LogP contribution in [0.5, 0.6) is 0 Å². The molecule has 0 radical (unpaired) electrons. The number of thiophene rings is 1. The molecule has 0 saturated carbocycles. The highest BCUT2D eigenvalue weighted by Crippen LogP contribution is 2.26. The van der Waals surface area contributed by atoms with Crippen LogP contribution in [0.15, 0.2) is 34.5 Å². The van der Waals surface area contributed by atoms with Crippen LogP contribution in [0.25, 0.3) is 0 Å². The molecule has 0 aliphatic carbocycles. The van der Waals surface area contributed by atoms with Crippen molar-refractivity contribution in [3.63, 3.8) is 0 Å². The van der Waals surface area contributed by atoms with Crippen molar-refractivity contribution in [1.82, 2.24) is 9.62 Å². The molecular formula is C21H25N3O4S2. The van der Waals surface area contributed by atoms with E-state index in [2.05, 4.69) is 4.72 Å². The first kappa shape index (κ1) is 21.0. The highest BCUT2D eigenvalue weighted by atomic mass is 32.2. The van der Waals surface area contributed by atoms with Gasteiger partial charge in [-0.1, -0.05) is 0 Å². The molecule has 4 rings (SSSR count). The van der Waals surface area contributed by atoms with Crippen LogP contribution in [0.3, 0.4) is 0 Å². The number of aryl methyl sites for hydroxylation is 1. The maximum Gasteiger partial charge on any atom is 0.240 e. The number of nitrogens with zero attached hydrogens (tertiary/aromatic N) is 2. The van der Waals surface area contributed by atoms with Gasteiger partial charge in [0.1, 0.15) is 0 Å². The van der Waals surface area contributed by atoms with Crippen molar-refractivity contribution < 1.29 is 18.0 Å². The molecule has 0 unspecified atom stereocenters. The first-order valence-electron chi connectivity index (χ1n) is 10.1. The van der Waals surface area contributed by atoms with Gasteiger partial charge in [-0.3, -0.25) is 9.59 Å². The van der Waals surface area contributed by atoms with Crippen LogP contribution >= 0.6 is 11.3 Å². The summed E-state index contributed by atoms with van der Waals surface area (Å²) in [6.45, 7) is 3.71. The van der Waals surface area contributed by atoms with E-state index in [1.54, 1.807) is 40.2 Å². The van der Waals surface area contributed by atoms with E-state index in [0.29, 0.717) is 31.6 Å². The fourth-order valence-electron chi connectivity index (χ4n) is 4.01.